The minimum absolute atomic E-state index is 0.0147. The molecule has 2 aliphatic carbocycles. The van der Waals surface area contributed by atoms with Crippen LogP contribution in [0, 0.1) is 34.0 Å². The van der Waals surface area contributed by atoms with Crippen molar-refractivity contribution in [3.05, 3.63) is 0 Å². The summed E-state index contributed by atoms with van der Waals surface area (Å²) in [6.07, 6.45) is 3.44. The lowest BCUT2D eigenvalue weighted by Gasteiger charge is -2.48. The summed E-state index contributed by atoms with van der Waals surface area (Å²) in [4.78, 5) is 0. The molecule has 3 nitrogen and oxygen atoms in total. The highest BCUT2D eigenvalue weighted by molar-refractivity contribution is 5.21. The molecule has 3 aliphatic rings. The van der Waals surface area contributed by atoms with Gasteiger partial charge in [0, 0.05) is 17.8 Å². The molecule has 0 amide bonds. The van der Waals surface area contributed by atoms with Gasteiger partial charge in [0.15, 0.2) is 5.79 Å². The first kappa shape index (κ1) is 10.6. The van der Waals surface area contributed by atoms with E-state index in [0.717, 1.165) is 19.3 Å². The van der Waals surface area contributed by atoms with Crippen LogP contribution in [-0.4, -0.2) is 17.5 Å². The van der Waals surface area contributed by atoms with Gasteiger partial charge in [-0.05, 0) is 25.2 Å². The molecule has 1 N–H and O–H groups in total. The Morgan fingerprint density at radius 3 is 2.81 bits per heavy atom. The maximum absolute atomic E-state index is 10.5. The van der Waals surface area contributed by atoms with Crippen LogP contribution < -0.4 is 0 Å². The summed E-state index contributed by atoms with van der Waals surface area (Å²) in [5.41, 5.74) is -0.342. The van der Waals surface area contributed by atoms with Gasteiger partial charge in [-0.2, -0.15) is 5.26 Å². The second-order valence-electron chi connectivity index (χ2n) is 6.28. The fourth-order valence-corrected chi connectivity index (χ4v) is 4.46. The molecule has 0 aromatic heterocycles. The number of hydrogen-bond acceptors (Lipinski definition) is 3. The summed E-state index contributed by atoms with van der Waals surface area (Å²) in [6, 6.07) is 2.51. The molecule has 1 heterocycles. The Bertz CT molecular complexity index is 377. The van der Waals surface area contributed by atoms with Crippen LogP contribution in [-0.2, 0) is 4.74 Å². The van der Waals surface area contributed by atoms with E-state index >= 15 is 0 Å². The lowest BCUT2D eigenvalue weighted by Crippen LogP contribution is -2.49. The van der Waals surface area contributed by atoms with Crippen LogP contribution >= 0.6 is 0 Å². The third-order valence-corrected chi connectivity index (χ3v) is 5.60. The summed E-state index contributed by atoms with van der Waals surface area (Å²) in [6.45, 7) is 5.03. The summed E-state index contributed by atoms with van der Waals surface area (Å²) in [5.74, 6) is -0.466. The van der Waals surface area contributed by atoms with E-state index in [9.17, 15) is 10.4 Å². The molecule has 88 valence electrons. The van der Waals surface area contributed by atoms with Crippen LogP contribution in [0.5, 0.6) is 0 Å². The zero-order valence-corrected chi connectivity index (χ0v) is 9.99. The van der Waals surface area contributed by atoms with Crippen LogP contribution in [0.3, 0.4) is 0 Å². The molecule has 1 saturated heterocycles. The Kier molecular flexibility index (Phi) is 1.85. The Morgan fingerprint density at radius 1 is 1.38 bits per heavy atom. The highest BCUT2D eigenvalue weighted by Crippen LogP contribution is 2.68. The summed E-state index contributed by atoms with van der Waals surface area (Å²) >= 11 is 0. The van der Waals surface area contributed by atoms with Crippen molar-refractivity contribution < 1.29 is 9.84 Å². The molecule has 3 fully saturated rings. The van der Waals surface area contributed by atoms with Gasteiger partial charge in [0.1, 0.15) is 0 Å². The predicted molar refractivity (Wildman–Crippen MR) is 58.2 cm³/mol. The molecule has 16 heavy (non-hydrogen) atoms. The van der Waals surface area contributed by atoms with E-state index in [2.05, 4.69) is 19.9 Å². The van der Waals surface area contributed by atoms with E-state index in [0.29, 0.717) is 18.9 Å². The van der Waals surface area contributed by atoms with Gasteiger partial charge in [0.2, 0.25) is 0 Å². The first-order valence-electron chi connectivity index (χ1n) is 6.24. The molecule has 0 aromatic rings. The van der Waals surface area contributed by atoms with Crippen molar-refractivity contribution in [2.45, 2.75) is 45.3 Å². The molecular formula is C13H19NO2. The quantitative estimate of drug-likeness (QED) is 0.681. The fourth-order valence-electron chi connectivity index (χ4n) is 4.46. The average molecular weight is 221 g/mol. The first-order chi connectivity index (χ1) is 7.47. The molecule has 0 aromatic carbocycles. The third kappa shape index (κ3) is 0.959. The monoisotopic (exact) mass is 221 g/mol. The molecule has 0 radical (unpaired) electrons. The third-order valence-electron chi connectivity index (χ3n) is 5.60. The largest absolute Gasteiger partial charge is 0.365 e. The van der Waals surface area contributed by atoms with E-state index in [-0.39, 0.29) is 16.7 Å². The van der Waals surface area contributed by atoms with Gasteiger partial charge in [-0.25, -0.2) is 0 Å². The molecule has 3 heteroatoms. The smallest absolute Gasteiger partial charge is 0.170 e. The second-order valence-corrected chi connectivity index (χ2v) is 6.28. The minimum atomic E-state index is -1.01. The summed E-state index contributed by atoms with van der Waals surface area (Å²) in [7, 11) is 0. The van der Waals surface area contributed by atoms with E-state index in [1.54, 1.807) is 0 Å². The van der Waals surface area contributed by atoms with Gasteiger partial charge in [-0.1, -0.05) is 13.8 Å². The van der Waals surface area contributed by atoms with Gasteiger partial charge >= 0.3 is 0 Å². The van der Waals surface area contributed by atoms with E-state index in [4.69, 9.17) is 4.74 Å². The maximum Gasteiger partial charge on any atom is 0.170 e. The van der Waals surface area contributed by atoms with Gasteiger partial charge in [0.05, 0.1) is 18.1 Å². The number of hydrogen-bond donors (Lipinski definition) is 1. The highest BCUT2D eigenvalue weighted by Gasteiger charge is 2.70. The normalized spacial score (nSPS) is 59.4. The predicted octanol–water partition coefficient (Wildman–Crippen LogP) is 2.06. The lowest BCUT2D eigenvalue weighted by atomic mass is 9.53. The van der Waals surface area contributed by atoms with Crippen molar-refractivity contribution in [3.63, 3.8) is 0 Å². The fraction of sp³-hybridized carbons (Fsp3) is 0.923. The highest BCUT2D eigenvalue weighted by atomic mass is 16.6. The molecule has 5 atom stereocenters. The summed E-state index contributed by atoms with van der Waals surface area (Å²) < 4.78 is 5.68. The van der Waals surface area contributed by atoms with Crippen LogP contribution in [0.4, 0.5) is 0 Å². The van der Waals surface area contributed by atoms with Crippen LogP contribution in [0.15, 0.2) is 0 Å². The Hall–Kier alpha value is -0.590. The van der Waals surface area contributed by atoms with Gasteiger partial charge in [0.25, 0.3) is 0 Å². The maximum atomic E-state index is 10.5. The van der Waals surface area contributed by atoms with Gasteiger partial charge in [-0.15, -0.1) is 0 Å². The lowest BCUT2D eigenvalue weighted by molar-refractivity contribution is -0.191. The molecule has 1 aliphatic heterocycles. The molecule has 0 spiro atoms. The van der Waals surface area contributed by atoms with Crippen LogP contribution in [0.25, 0.3) is 0 Å². The van der Waals surface area contributed by atoms with Crippen molar-refractivity contribution in [1.29, 1.82) is 5.26 Å². The van der Waals surface area contributed by atoms with E-state index < -0.39 is 5.79 Å². The Balaban J connectivity index is 2.13. The van der Waals surface area contributed by atoms with E-state index in [1.807, 2.05) is 0 Å². The Labute approximate surface area is 96.4 Å². The minimum Gasteiger partial charge on any atom is -0.365 e. The van der Waals surface area contributed by atoms with Crippen molar-refractivity contribution in [2.24, 2.45) is 22.7 Å². The van der Waals surface area contributed by atoms with E-state index in [1.165, 1.54) is 0 Å². The van der Waals surface area contributed by atoms with Crippen molar-refractivity contribution >= 4 is 0 Å². The average Bonchev–Trinajstić information content (AvgIpc) is 2.72. The molecular weight excluding hydrogens is 202 g/mol. The second kappa shape index (κ2) is 2.80. The number of nitrogens with zero attached hydrogens (tertiary/aromatic N) is 1. The van der Waals surface area contributed by atoms with Crippen LogP contribution in [0.2, 0.25) is 0 Å². The number of rotatable bonds is 0. The number of nitriles is 1. The molecule has 2 saturated carbocycles. The SMILES string of the molecule is C[C@@H]1CC[C@]2(C#N)CC[C@]3(O)OC[C@@]1(C)[C@H]23. The molecule has 3 rings (SSSR count). The Morgan fingerprint density at radius 2 is 2.12 bits per heavy atom. The zero-order chi connectivity index (χ0) is 11.6. The van der Waals surface area contributed by atoms with Crippen LogP contribution in [0.1, 0.15) is 39.5 Å². The van der Waals surface area contributed by atoms with Crippen molar-refractivity contribution in [1.82, 2.24) is 0 Å². The molecule has 0 bridgehead atoms. The summed E-state index contributed by atoms with van der Waals surface area (Å²) in [5, 5.41) is 20.1. The van der Waals surface area contributed by atoms with Crippen molar-refractivity contribution in [3.8, 4) is 6.07 Å². The number of aliphatic hydroxyl groups is 1. The molecule has 0 unspecified atom stereocenters. The van der Waals surface area contributed by atoms with Gasteiger partial charge in [-0.3, -0.25) is 0 Å². The number of ether oxygens (including phenoxy) is 1. The van der Waals surface area contributed by atoms with Gasteiger partial charge < -0.3 is 9.84 Å². The standard InChI is InChI=1S/C13H19NO2/c1-9-3-4-12(7-14)5-6-13(15)10(12)11(9,2)8-16-13/h9-10,15H,3-6,8H2,1-2H3/t9-,10-,11-,12-,13+/m1/s1. The topological polar surface area (TPSA) is 53.2 Å². The zero-order valence-electron chi connectivity index (χ0n) is 9.99. The van der Waals surface area contributed by atoms with Crippen molar-refractivity contribution in [2.75, 3.05) is 6.61 Å². The first-order valence-corrected chi connectivity index (χ1v) is 6.24.